The SMILES string of the molecule is CN(Cc1cscn1)CC(C)(N)C1CC1. The molecule has 0 aromatic carbocycles. The molecule has 1 unspecified atom stereocenters. The Morgan fingerprint density at radius 3 is 2.93 bits per heavy atom. The van der Waals surface area contributed by atoms with Crippen molar-refractivity contribution in [1.29, 1.82) is 0 Å². The summed E-state index contributed by atoms with van der Waals surface area (Å²) in [5, 5.41) is 2.10. The highest BCUT2D eigenvalue weighted by Gasteiger charge is 2.38. The molecule has 0 radical (unpaired) electrons. The summed E-state index contributed by atoms with van der Waals surface area (Å²) >= 11 is 1.65. The van der Waals surface area contributed by atoms with Gasteiger partial charge in [-0.1, -0.05) is 0 Å². The summed E-state index contributed by atoms with van der Waals surface area (Å²) in [6.07, 6.45) is 2.61. The van der Waals surface area contributed by atoms with Gasteiger partial charge in [-0.05, 0) is 32.7 Å². The monoisotopic (exact) mass is 225 g/mol. The molecule has 1 atom stereocenters. The predicted octanol–water partition coefficient (Wildman–Crippen LogP) is 1.70. The van der Waals surface area contributed by atoms with Crippen molar-refractivity contribution in [3.63, 3.8) is 0 Å². The Bertz CT molecular complexity index is 304. The van der Waals surface area contributed by atoms with Crippen LogP contribution in [0.25, 0.3) is 0 Å². The molecule has 0 amide bonds. The molecule has 0 spiro atoms. The molecule has 0 bridgehead atoms. The van der Waals surface area contributed by atoms with Crippen LogP contribution < -0.4 is 5.73 Å². The van der Waals surface area contributed by atoms with Crippen molar-refractivity contribution in [2.24, 2.45) is 11.7 Å². The van der Waals surface area contributed by atoms with Crippen LogP contribution >= 0.6 is 11.3 Å². The lowest BCUT2D eigenvalue weighted by molar-refractivity contribution is 0.230. The van der Waals surface area contributed by atoms with E-state index < -0.39 is 0 Å². The van der Waals surface area contributed by atoms with Crippen LogP contribution in [0, 0.1) is 5.92 Å². The van der Waals surface area contributed by atoms with Crippen molar-refractivity contribution < 1.29 is 0 Å². The van der Waals surface area contributed by atoms with Crippen molar-refractivity contribution in [1.82, 2.24) is 9.88 Å². The third-order valence-corrected chi connectivity index (χ3v) is 3.67. The van der Waals surface area contributed by atoms with Crippen LogP contribution in [0.2, 0.25) is 0 Å². The van der Waals surface area contributed by atoms with Crippen LogP contribution in [0.3, 0.4) is 0 Å². The highest BCUT2D eigenvalue weighted by molar-refractivity contribution is 7.07. The molecule has 1 aromatic heterocycles. The van der Waals surface area contributed by atoms with Crippen LogP contribution in [0.4, 0.5) is 0 Å². The smallest absolute Gasteiger partial charge is 0.0795 e. The molecule has 15 heavy (non-hydrogen) atoms. The maximum atomic E-state index is 6.29. The number of aromatic nitrogens is 1. The van der Waals surface area contributed by atoms with Gasteiger partial charge in [-0.25, -0.2) is 4.98 Å². The van der Waals surface area contributed by atoms with Gasteiger partial charge in [0.15, 0.2) is 0 Å². The van der Waals surface area contributed by atoms with E-state index in [2.05, 4.69) is 29.2 Å². The zero-order chi connectivity index (χ0) is 10.9. The van der Waals surface area contributed by atoms with Gasteiger partial charge in [0.2, 0.25) is 0 Å². The van der Waals surface area contributed by atoms with Crippen molar-refractivity contribution in [2.75, 3.05) is 13.6 Å². The second-order valence-corrected chi connectivity index (χ2v) is 5.65. The van der Waals surface area contributed by atoms with Crippen LogP contribution in [0.15, 0.2) is 10.9 Å². The molecule has 0 aliphatic heterocycles. The maximum Gasteiger partial charge on any atom is 0.0795 e. The molecule has 3 nitrogen and oxygen atoms in total. The van der Waals surface area contributed by atoms with E-state index in [9.17, 15) is 0 Å². The first-order valence-corrected chi connectivity index (χ1v) is 6.37. The molecular formula is C11H19N3S. The van der Waals surface area contributed by atoms with E-state index in [1.165, 1.54) is 12.8 Å². The minimum Gasteiger partial charge on any atom is -0.324 e. The van der Waals surface area contributed by atoms with Gasteiger partial charge in [0.05, 0.1) is 11.2 Å². The standard InChI is InChI=1S/C11H19N3S/c1-11(12,9-3-4-9)7-14(2)5-10-6-15-8-13-10/h6,8-9H,3-5,7,12H2,1-2H3. The zero-order valence-electron chi connectivity index (χ0n) is 9.44. The topological polar surface area (TPSA) is 42.2 Å². The maximum absolute atomic E-state index is 6.29. The number of hydrogen-bond acceptors (Lipinski definition) is 4. The number of nitrogens with zero attached hydrogens (tertiary/aromatic N) is 2. The quantitative estimate of drug-likeness (QED) is 0.829. The summed E-state index contributed by atoms with van der Waals surface area (Å²) in [6, 6.07) is 0. The number of rotatable bonds is 5. The van der Waals surface area contributed by atoms with E-state index in [4.69, 9.17) is 5.73 Å². The second kappa shape index (κ2) is 4.20. The van der Waals surface area contributed by atoms with E-state index in [-0.39, 0.29) is 5.54 Å². The molecule has 1 saturated carbocycles. The third-order valence-electron chi connectivity index (χ3n) is 3.04. The first kappa shape index (κ1) is 11.0. The molecule has 2 N–H and O–H groups in total. The van der Waals surface area contributed by atoms with E-state index in [0.717, 1.165) is 24.7 Å². The van der Waals surface area contributed by atoms with Gasteiger partial charge in [0.1, 0.15) is 0 Å². The predicted molar refractivity (Wildman–Crippen MR) is 63.8 cm³/mol. The van der Waals surface area contributed by atoms with Crippen LogP contribution in [-0.2, 0) is 6.54 Å². The Morgan fingerprint density at radius 2 is 2.40 bits per heavy atom. The summed E-state index contributed by atoms with van der Waals surface area (Å²) in [4.78, 5) is 6.55. The molecule has 1 heterocycles. The van der Waals surface area contributed by atoms with Gasteiger partial charge in [-0.15, -0.1) is 11.3 Å². The average Bonchev–Trinajstić information content (AvgIpc) is 2.88. The molecule has 84 valence electrons. The zero-order valence-corrected chi connectivity index (χ0v) is 10.3. The highest BCUT2D eigenvalue weighted by atomic mass is 32.1. The minimum atomic E-state index is -0.0230. The first-order chi connectivity index (χ1) is 7.08. The first-order valence-electron chi connectivity index (χ1n) is 5.42. The molecule has 0 saturated heterocycles. The van der Waals surface area contributed by atoms with Crippen LogP contribution in [0.5, 0.6) is 0 Å². The van der Waals surface area contributed by atoms with Gasteiger partial charge in [-0.3, -0.25) is 4.90 Å². The number of nitrogens with two attached hydrogens (primary N) is 1. The van der Waals surface area contributed by atoms with Crippen molar-refractivity contribution >= 4 is 11.3 Å². The lowest BCUT2D eigenvalue weighted by Crippen LogP contribution is -2.48. The minimum absolute atomic E-state index is 0.0230. The van der Waals surface area contributed by atoms with Gasteiger partial charge in [0, 0.05) is 24.0 Å². The molecule has 1 aliphatic carbocycles. The second-order valence-electron chi connectivity index (χ2n) is 4.93. The Labute approximate surface area is 95.3 Å². The molecular weight excluding hydrogens is 206 g/mol. The average molecular weight is 225 g/mol. The Balaban J connectivity index is 1.83. The summed E-state index contributed by atoms with van der Waals surface area (Å²) in [6.45, 7) is 4.03. The van der Waals surface area contributed by atoms with Crippen molar-refractivity contribution in [3.05, 3.63) is 16.6 Å². The highest BCUT2D eigenvalue weighted by Crippen LogP contribution is 2.38. The summed E-state index contributed by atoms with van der Waals surface area (Å²) in [5.74, 6) is 0.732. The van der Waals surface area contributed by atoms with Gasteiger partial charge in [-0.2, -0.15) is 0 Å². The van der Waals surface area contributed by atoms with E-state index in [0.29, 0.717) is 0 Å². The Hall–Kier alpha value is -0.450. The number of likely N-dealkylation sites (N-methyl/N-ethyl adjacent to an activating group) is 1. The van der Waals surface area contributed by atoms with Crippen molar-refractivity contribution in [3.8, 4) is 0 Å². The molecule has 1 aliphatic rings. The lowest BCUT2D eigenvalue weighted by atomic mass is 9.97. The van der Waals surface area contributed by atoms with Gasteiger partial charge in [0.25, 0.3) is 0 Å². The normalized spacial score (nSPS) is 20.5. The fraction of sp³-hybridized carbons (Fsp3) is 0.727. The van der Waals surface area contributed by atoms with Gasteiger partial charge < -0.3 is 5.73 Å². The fourth-order valence-electron chi connectivity index (χ4n) is 2.10. The lowest BCUT2D eigenvalue weighted by Gasteiger charge is -2.29. The van der Waals surface area contributed by atoms with E-state index in [1.54, 1.807) is 11.3 Å². The van der Waals surface area contributed by atoms with Crippen LogP contribution in [-0.4, -0.2) is 29.0 Å². The molecule has 1 aromatic rings. The number of thiazole rings is 1. The van der Waals surface area contributed by atoms with E-state index in [1.807, 2.05) is 5.51 Å². The third kappa shape index (κ3) is 3.00. The largest absolute Gasteiger partial charge is 0.324 e. The molecule has 4 heteroatoms. The summed E-state index contributed by atoms with van der Waals surface area (Å²) in [5.41, 5.74) is 9.30. The summed E-state index contributed by atoms with van der Waals surface area (Å²) < 4.78 is 0. The Morgan fingerprint density at radius 1 is 1.67 bits per heavy atom. The molecule has 1 fully saturated rings. The van der Waals surface area contributed by atoms with Gasteiger partial charge >= 0.3 is 0 Å². The summed E-state index contributed by atoms with van der Waals surface area (Å²) in [7, 11) is 2.12. The molecule has 2 rings (SSSR count). The van der Waals surface area contributed by atoms with Crippen molar-refractivity contribution in [2.45, 2.75) is 31.8 Å². The van der Waals surface area contributed by atoms with E-state index >= 15 is 0 Å². The fourth-order valence-corrected chi connectivity index (χ4v) is 2.65. The van der Waals surface area contributed by atoms with Crippen LogP contribution in [0.1, 0.15) is 25.5 Å². The number of hydrogen-bond donors (Lipinski definition) is 1. The Kier molecular flexibility index (Phi) is 3.09.